The number of amides is 2. The molecule has 1 rings (SSSR count). The van der Waals surface area contributed by atoms with E-state index in [0.717, 1.165) is 25.2 Å². The first-order valence-electron chi connectivity index (χ1n) is 7.68. The summed E-state index contributed by atoms with van der Waals surface area (Å²) in [5.41, 5.74) is 0. The van der Waals surface area contributed by atoms with Gasteiger partial charge in [0.05, 0.1) is 0 Å². The van der Waals surface area contributed by atoms with E-state index in [0.29, 0.717) is 6.04 Å². The van der Waals surface area contributed by atoms with Crippen molar-refractivity contribution in [2.75, 3.05) is 0 Å². The Bertz CT molecular complexity index is 243. The molecule has 3 unspecified atom stereocenters. The Morgan fingerprint density at radius 1 is 1.33 bits per heavy atom. The molecule has 0 aromatic rings. The topological polar surface area (TPSA) is 41.1 Å². The predicted octanol–water partition coefficient (Wildman–Crippen LogP) is 3.83. The van der Waals surface area contributed by atoms with E-state index < -0.39 is 0 Å². The van der Waals surface area contributed by atoms with Gasteiger partial charge in [-0.3, -0.25) is 0 Å². The third-order valence-corrected chi connectivity index (χ3v) is 3.89. The second kappa shape index (κ2) is 8.39. The average molecular weight is 254 g/mol. The summed E-state index contributed by atoms with van der Waals surface area (Å²) in [4.78, 5) is 11.8. The molecule has 0 saturated heterocycles. The van der Waals surface area contributed by atoms with Crippen molar-refractivity contribution in [2.24, 2.45) is 5.92 Å². The summed E-state index contributed by atoms with van der Waals surface area (Å²) in [7, 11) is 0. The molecule has 3 nitrogen and oxygen atoms in total. The van der Waals surface area contributed by atoms with E-state index in [1.165, 1.54) is 32.1 Å². The van der Waals surface area contributed by atoms with Gasteiger partial charge < -0.3 is 10.6 Å². The third kappa shape index (κ3) is 6.27. The molecule has 0 radical (unpaired) electrons. The molecule has 0 heterocycles. The zero-order chi connectivity index (χ0) is 13.4. The summed E-state index contributed by atoms with van der Waals surface area (Å²) in [6.07, 6.45) is 9.62. The number of carbonyl (C=O) groups excluding carboxylic acids is 1. The highest BCUT2D eigenvalue weighted by Crippen LogP contribution is 2.23. The van der Waals surface area contributed by atoms with E-state index in [-0.39, 0.29) is 12.1 Å². The van der Waals surface area contributed by atoms with E-state index in [2.05, 4.69) is 31.4 Å². The lowest BCUT2D eigenvalue weighted by Gasteiger charge is -2.28. The molecule has 1 aliphatic carbocycles. The van der Waals surface area contributed by atoms with Gasteiger partial charge in [0.1, 0.15) is 0 Å². The summed E-state index contributed by atoms with van der Waals surface area (Å²) in [6.45, 7) is 6.58. The standard InChI is InChI=1S/C15H30N2O/c1-4-5-6-9-13(3)16-15(18)17-14-10-7-8-12(2)11-14/h12-14H,4-11H2,1-3H3,(H2,16,17,18). The summed E-state index contributed by atoms with van der Waals surface area (Å²) in [5, 5.41) is 6.17. The van der Waals surface area contributed by atoms with Gasteiger partial charge in [-0.2, -0.15) is 0 Å². The first kappa shape index (κ1) is 15.3. The average Bonchev–Trinajstić information content (AvgIpc) is 2.29. The van der Waals surface area contributed by atoms with Crippen molar-refractivity contribution in [3.63, 3.8) is 0 Å². The minimum atomic E-state index is 0.0260. The first-order valence-corrected chi connectivity index (χ1v) is 7.68. The summed E-state index contributed by atoms with van der Waals surface area (Å²) in [6, 6.07) is 0.701. The smallest absolute Gasteiger partial charge is 0.315 e. The summed E-state index contributed by atoms with van der Waals surface area (Å²) >= 11 is 0. The van der Waals surface area contributed by atoms with E-state index >= 15 is 0 Å². The zero-order valence-electron chi connectivity index (χ0n) is 12.3. The second-order valence-corrected chi connectivity index (χ2v) is 5.98. The Morgan fingerprint density at radius 3 is 2.78 bits per heavy atom. The maximum absolute atomic E-state index is 11.8. The summed E-state index contributed by atoms with van der Waals surface area (Å²) in [5.74, 6) is 0.756. The maximum Gasteiger partial charge on any atom is 0.315 e. The summed E-state index contributed by atoms with van der Waals surface area (Å²) < 4.78 is 0. The van der Waals surface area contributed by atoms with E-state index in [4.69, 9.17) is 0 Å². The van der Waals surface area contributed by atoms with Crippen molar-refractivity contribution in [3.8, 4) is 0 Å². The van der Waals surface area contributed by atoms with Crippen LogP contribution in [0.1, 0.15) is 72.1 Å². The SMILES string of the molecule is CCCCCC(C)NC(=O)NC1CCCC(C)C1. The molecule has 2 amide bonds. The van der Waals surface area contributed by atoms with Crippen molar-refractivity contribution in [1.29, 1.82) is 0 Å². The third-order valence-electron chi connectivity index (χ3n) is 3.89. The lowest BCUT2D eigenvalue weighted by atomic mass is 9.87. The Morgan fingerprint density at radius 2 is 2.11 bits per heavy atom. The molecule has 1 fully saturated rings. The van der Waals surface area contributed by atoms with E-state index in [9.17, 15) is 4.79 Å². The van der Waals surface area contributed by atoms with Gasteiger partial charge in [-0.1, -0.05) is 46.0 Å². The number of hydrogen-bond donors (Lipinski definition) is 2. The quantitative estimate of drug-likeness (QED) is 0.695. The number of nitrogens with one attached hydrogen (secondary N) is 2. The Hall–Kier alpha value is -0.730. The molecule has 2 N–H and O–H groups in total. The van der Waals surface area contributed by atoms with Gasteiger partial charge in [-0.05, 0) is 32.1 Å². The molecule has 1 aliphatic rings. The number of rotatable bonds is 6. The van der Waals surface area contributed by atoms with Gasteiger partial charge in [0, 0.05) is 12.1 Å². The van der Waals surface area contributed by atoms with Crippen LogP contribution in [0.2, 0.25) is 0 Å². The fourth-order valence-corrected chi connectivity index (χ4v) is 2.79. The van der Waals surface area contributed by atoms with Gasteiger partial charge in [0.2, 0.25) is 0 Å². The van der Waals surface area contributed by atoms with Crippen LogP contribution in [-0.4, -0.2) is 18.1 Å². The highest BCUT2D eigenvalue weighted by atomic mass is 16.2. The second-order valence-electron chi connectivity index (χ2n) is 5.98. The van der Waals surface area contributed by atoms with Crippen LogP contribution in [0.5, 0.6) is 0 Å². The lowest BCUT2D eigenvalue weighted by molar-refractivity contribution is 0.223. The molecular weight excluding hydrogens is 224 g/mol. The Labute approximate surface area is 112 Å². The van der Waals surface area contributed by atoms with Gasteiger partial charge in [0.15, 0.2) is 0 Å². The molecule has 0 aromatic carbocycles. The van der Waals surface area contributed by atoms with Crippen LogP contribution in [0.3, 0.4) is 0 Å². The Balaban J connectivity index is 2.15. The van der Waals surface area contributed by atoms with Crippen molar-refractivity contribution < 1.29 is 4.79 Å². The largest absolute Gasteiger partial charge is 0.336 e. The first-order chi connectivity index (χ1) is 8.61. The lowest BCUT2D eigenvalue weighted by Crippen LogP contribution is -2.46. The van der Waals surface area contributed by atoms with Crippen molar-refractivity contribution in [2.45, 2.75) is 84.2 Å². The number of urea groups is 1. The normalized spacial score (nSPS) is 25.5. The van der Waals surface area contributed by atoms with Crippen LogP contribution in [0, 0.1) is 5.92 Å². The fourth-order valence-electron chi connectivity index (χ4n) is 2.79. The molecule has 1 saturated carbocycles. The highest BCUT2D eigenvalue weighted by molar-refractivity contribution is 5.74. The van der Waals surface area contributed by atoms with Crippen molar-refractivity contribution in [3.05, 3.63) is 0 Å². The van der Waals surface area contributed by atoms with Gasteiger partial charge >= 0.3 is 6.03 Å². The monoisotopic (exact) mass is 254 g/mol. The molecule has 106 valence electrons. The predicted molar refractivity (Wildman–Crippen MR) is 76.7 cm³/mol. The minimum Gasteiger partial charge on any atom is -0.336 e. The molecule has 0 aromatic heterocycles. The van der Waals surface area contributed by atoms with Crippen molar-refractivity contribution >= 4 is 6.03 Å². The van der Waals surface area contributed by atoms with Crippen LogP contribution >= 0.6 is 0 Å². The molecule has 0 bridgehead atoms. The molecule has 3 atom stereocenters. The van der Waals surface area contributed by atoms with Crippen LogP contribution in [0.25, 0.3) is 0 Å². The van der Waals surface area contributed by atoms with Crippen LogP contribution in [-0.2, 0) is 0 Å². The molecule has 18 heavy (non-hydrogen) atoms. The minimum absolute atomic E-state index is 0.0260. The molecule has 0 aliphatic heterocycles. The highest BCUT2D eigenvalue weighted by Gasteiger charge is 2.20. The Kier molecular flexibility index (Phi) is 7.14. The van der Waals surface area contributed by atoms with Gasteiger partial charge in [-0.25, -0.2) is 4.79 Å². The number of unbranched alkanes of at least 4 members (excludes halogenated alkanes) is 2. The van der Waals surface area contributed by atoms with E-state index in [1.807, 2.05) is 0 Å². The van der Waals surface area contributed by atoms with E-state index in [1.54, 1.807) is 0 Å². The molecule has 0 spiro atoms. The van der Waals surface area contributed by atoms with Crippen LogP contribution in [0.15, 0.2) is 0 Å². The fraction of sp³-hybridized carbons (Fsp3) is 0.933. The van der Waals surface area contributed by atoms with Crippen LogP contribution in [0.4, 0.5) is 4.79 Å². The molecular formula is C15H30N2O. The molecule has 3 heteroatoms. The van der Waals surface area contributed by atoms with Crippen LogP contribution < -0.4 is 10.6 Å². The number of hydrogen-bond acceptors (Lipinski definition) is 1. The van der Waals surface area contributed by atoms with Crippen molar-refractivity contribution in [1.82, 2.24) is 10.6 Å². The number of carbonyl (C=O) groups is 1. The van der Waals surface area contributed by atoms with Gasteiger partial charge in [-0.15, -0.1) is 0 Å². The zero-order valence-corrected chi connectivity index (χ0v) is 12.3. The van der Waals surface area contributed by atoms with Gasteiger partial charge in [0.25, 0.3) is 0 Å². The maximum atomic E-state index is 11.8.